The molecule has 0 unspecified atom stereocenters. The minimum Gasteiger partial charge on any atom is -0.352 e. The van der Waals surface area contributed by atoms with Crippen molar-refractivity contribution in [3.05, 3.63) is 34.9 Å². The van der Waals surface area contributed by atoms with Crippen LogP contribution >= 0.6 is 0 Å². The molecule has 0 aliphatic rings. The molecule has 17 heavy (non-hydrogen) atoms. The lowest BCUT2D eigenvalue weighted by Crippen LogP contribution is -2.24. The predicted molar refractivity (Wildman–Crippen MR) is 53.0 cm³/mol. The highest BCUT2D eigenvalue weighted by atomic mass is 19.2. The van der Waals surface area contributed by atoms with E-state index in [9.17, 15) is 22.4 Å². The normalized spacial score (nSPS) is 10.4. The number of hydrogen-bond donors (Lipinski definition) is 1. The number of benzene rings is 1. The molecule has 0 aliphatic carbocycles. The van der Waals surface area contributed by atoms with Crippen molar-refractivity contribution in [1.82, 2.24) is 5.32 Å². The van der Waals surface area contributed by atoms with Crippen molar-refractivity contribution in [2.45, 2.75) is 26.3 Å². The SMILES string of the molecule is CCCC(=O)NCc1c(F)c(F)cc(F)c1F. The molecule has 1 N–H and O–H groups in total. The maximum Gasteiger partial charge on any atom is 0.220 e. The van der Waals surface area contributed by atoms with Crippen LogP contribution in [0.1, 0.15) is 25.3 Å². The van der Waals surface area contributed by atoms with Crippen molar-refractivity contribution in [2.24, 2.45) is 0 Å². The second kappa shape index (κ2) is 5.65. The van der Waals surface area contributed by atoms with Gasteiger partial charge in [-0.1, -0.05) is 6.92 Å². The fraction of sp³-hybridized carbons (Fsp3) is 0.364. The van der Waals surface area contributed by atoms with Crippen molar-refractivity contribution < 1.29 is 22.4 Å². The zero-order chi connectivity index (χ0) is 13.0. The van der Waals surface area contributed by atoms with E-state index in [2.05, 4.69) is 5.32 Å². The first-order valence-electron chi connectivity index (χ1n) is 5.06. The first-order chi connectivity index (χ1) is 7.97. The number of carbonyl (C=O) groups excluding carboxylic acids is 1. The Kier molecular flexibility index (Phi) is 4.48. The van der Waals surface area contributed by atoms with Crippen LogP contribution in [0.5, 0.6) is 0 Å². The molecule has 94 valence electrons. The second-order valence-corrected chi connectivity index (χ2v) is 3.47. The Balaban J connectivity index is 2.87. The van der Waals surface area contributed by atoms with Gasteiger partial charge in [0, 0.05) is 24.6 Å². The van der Waals surface area contributed by atoms with Gasteiger partial charge in [0.05, 0.1) is 0 Å². The quantitative estimate of drug-likeness (QED) is 0.645. The first-order valence-corrected chi connectivity index (χ1v) is 5.06. The average molecular weight is 249 g/mol. The van der Waals surface area contributed by atoms with Crippen LogP contribution in [-0.2, 0) is 11.3 Å². The lowest BCUT2D eigenvalue weighted by atomic mass is 10.1. The molecule has 1 aromatic carbocycles. The summed E-state index contributed by atoms with van der Waals surface area (Å²) in [5, 5.41) is 2.18. The van der Waals surface area contributed by atoms with Gasteiger partial charge >= 0.3 is 0 Å². The van der Waals surface area contributed by atoms with Gasteiger partial charge in [-0.15, -0.1) is 0 Å². The molecule has 2 nitrogen and oxygen atoms in total. The predicted octanol–water partition coefficient (Wildman–Crippen LogP) is 2.66. The fourth-order valence-electron chi connectivity index (χ4n) is 1.28. The molecule has 1 aromatic rings. The Morgan fingerprint density at radius 1 is 1.18 bits per heavy atom. The number of nitrogens with one attached hydrogen (secondary N) is 1. The minimum absolute atomic E-state index is 0.127. The van der Waals surface area contributed by atoms with Gasteiger partial charge in [0.1, 0.15) is 0 Å². The third-order valence-corrected chi connectivity index (χ3v) is 2.14. The highest BCUT2D eigenvalue weighted by Crippen LogP contribution is 2.18. The van der Waals surface area contributed by atoms with Gasteiger partial charge in [-0.3, -0.25) is 4.79 Å². The van der Waals surface area contributed by atoms with Crippen molar-refractivity contribution in [3.8, 4) is 0 Å². The van der Waals surface area contributed by atoms with Crippen LogP contribution in [0.4, 0.5) is 17.6 Å². The van der Waals surface area contributed by atoms with E-state index < -0.39 is 41.3 Å². The fourth-order valence-corrected chi connectivity index (χ4v) is 1.28. The van der Waals surface area contributed by atoms with Gasteiger partial charge in [0.15, 0.2) is 23.3 Å². The van der Waals surface area contributed by atoms with Crippen LogP contribution in [0.3, 0.4) is 0 Å². The van der Waals surface area contributed by atoms with E-state index in [1.807, 2.05) is 0 Å². The summed E-state index contributed by atoms with van der Waals surface area (Å²) in [6.07, 6.45) is 0.745. The molecular formula is C11H11F4NO. The maximum atomic E-state index is 13.1. The van der Waals surface area contributed by atoms with E-state index in [0.717, 1.165) is 0 Å². The number of hydrogen-bond acceptors (Lipinski definition) is 1. The summed E-state index contributed by atoms with van der Waals surface area (Å²) in [5.74, 6) is -6.37. The third-order valence-electron chi connectivity index (χ3n) is 2.14. The van der Waals surface area contributed by atoms with Gasteiger partial charge in [0.2, 0.25) is 5.91 Å². The lowest BCUT2D eigenvalue weighted by molar-refractivity contribution is -0.121. The summed E-state index contributed by atoms with van der Waals surface area (Å²) in [6.45, 7) is 1.17. The summed E-state index contributed by atoms with van der Waals surface area (Å²) in [5.41, 5.74) is -0.813. The van der Waals surface area contributed by atoms with Crippen LogP contribution in [0.15, 0.2) is 6.07 Å². The largest absolute Gasteiger partial charge is 0.352 e. The topological polar surface area (TPSA) is 29.1 Å². The molecule has 0 spiro atoms. The Labute approximate surface area is 95.6 Å². The van der Waals surface area contributed by atoms with Crippen LogP contribution in [-0.4, -0.2) is 5.91 Å². The molecule has 0 radical (unpaired) electrons. The molecule has 6 heteroatoms. The highest BCUT2D eigenvalue weighted by Gasteiger charge is 2.19. The van der Waals surface area contributed by atoms with E-state index in [0.29, 0.717) is 6.42 Å². The smallest absolute Gasteiger partial charge is 0.220 e. The molecule has 0 aromatic heterocycles. The zero-order valence-corrected chi connectivity index (χ0v) is 9.12. The molecule has 0 heterocycles. The Morgan fingerprint density at radius 3 is 2.18 bits per heavy atom. The van der Waals surface area contributed by atoms with E-state index in [1.165, 1.54) is 0 Å². The molecule has 1 amide bonds. The van der Waals surface area contributed by atoms with Crippen LogP contribution in [0.25, 0.3) is 0 Å². The Hall–Kier alpha value is -1.59. The molecule has 1 rings (SSSR count). The molecule has 0 aliphatic heterocycles. The van der Waals surface area contributed by atoms with Crippen molar-refractivity contribution in [3.63, 3.8) is 0 Å². The summed E-state index contributed by atoms with van der Waals surface area (Å²) in [4.78, 5) is 11.1. The molecule has 0 saturated carbocycles. The van der Waals surface area contributed by atoms with Gasteiger partial charge in [-0.2, -0.15) is 0 Å². The molecular weight excluding hydrogens is 238 g/mol. The van der Waals surface area contributed by atoms with E-state index in [1.54, 1.807) is 6.92 Å². The summed E-state index contributed by atoms with van der Waals surface area (Å²) in [7, 11) is 0. The third kappa shape index (κ3) is 3.18. The first kappa shape index (κ1) is 13.5. The summed E-state index contributed by atoms with van der Waals surface area (Å²) >= 11 is 0. The number of halogens is 4. The number of amides is 1. The minimum atomic E-state index is -1.49. The average Bonchev–Trinajstić information content (AvgIpc) is 2.27. The van der Waals surface area contributed by atoms with Crippen LogP contribution in [0.2, 0.25) is 0 Å². The van der Waals surface area contributed by atoms with Crippen molar-refractivity contribution >= 4 is 5.91 Å². The monoisotopic (exact) mass is 249 g/mol. The van der Waals surface area contributed by atoms with Crippen molar-refractivity contribution in [2.75, 3.05) is 0 Å². The lowest BCUT2D eigenvalue weighted by Gasteiger charge is -2.08. The maximum absolute atomic E-state index is 13.1. The van der Waals surface area contributed by atoms with E-state index in [4.69, 9.17) is 0 Å². The molecule has 0 saturated heterocycles. The van der Waals surface area contributed by atoms with E-state index in [-0.39, 0.29) is 12.5 Å². The van der Waals surface area contributed by atoms with Gasteiger partial charge < -0.3 is 5.32 Å². The standard InChI is InChI=1S/C11H11F4NO/c1-2-3-9(17)16-5-6-10(14)7(12)4-8(13)11(6)15/h4H,2-3,5H2,1H3,(H,16,17). The molecule has 0 fully saturated rings. The van der Waals surface area contributed by atoms with Gasteiger partial charge in [0.25, 0.3) is 0 Å². The molecule has 0 bridgehead atoms. The second-order valence-electron chi connectivity index (χ2n) is 3.47. The van der Waals surface area contributed by atoms with Crippen LogP contribution in [0, 0.1) is 23.3 Å². The Morgan fingerprint density at radius 2 is 1.71 bits per heavy atom. The zero-order valence-electron chi connectivity index (χ0n) is 9.12. The summed E-state index contributed by atoms with van der Waals surface area (Å²) < 4.78 is 51.9. The number of carbonyl (C=O) groups is 1. The van der Waals surface area contributed by atoms with Crippen LogP contribution < -0.4 is 5.32 Å². The Bertz CT molecular complexity index is 408. The van der Waals surface area contributed by atoms with Crippen molar-refractivity contribution in [1.29, 1.82) is 0 Å². The molecule has 0 atom stereocenters. The van der Waals surface area contributed by atoms with E-state index >= 15 is 0 Å². The highest BCUT2D eigenvalue weighted by molar-refractivity contribution is 5.75. The van der Waals surface area contributed by atoms with Gasteiger partial charge in [-0.05, 0) is 6.42 Å². The van der Waals surface area contributed by atoms with Gasteiger partial charge in [-0.25, -0.2) is 17.6 Å². The number of rotatable bonds is 4. The summed E-state index contributed by atoms with van der Waals surface area (Å²) in [6, 6.07) is 0.127.